The number of rotatable bonds is 49. The van der Waals surface area contributed by atoms with Gasteiger partial charge in [0.25, 0.3) is 0 Å². The molecular weight excluding hydrogens is 870 g/mol. The van der Waals surface area contributed by atoms with Crippen LogP contribution in [0.5, 0.6) is 0 Å². The van der Waals surface area contributed by atoms with E-state index in [0.29, 0.717) is 19.3 Å². The number of hydrogen-bond acceptors (Lipinski definition) is 10. The van der Waals surface area contributed by atoms with Gasteiger partial charge in [-0.2, -0.15) is 0 Å². The van der Waals surface area contributed by atoms with E-state index in [2.05, 4.69) is 19.2 Å². The topological polar surface area (TPSA) is 206 Å². The summed E-state index contributed by atoms with van der Waals surface area (Å²) in [6, 6.07) is -1.03. The van der Waals surface area contributed by atoms with E-state index in [9.17, 15) is 44.9 Å². The fraction of sp³-hybridized carbons (Fsp3) is 0.981. The number of aliphatic hydroxyl groups is 6. The molecule has 0 bridgehead atoms. The molecule has 0 saturated heterocycles. The van der Waals surface area contributed by atoms with Crippen LogP contribution in [0.4, 0.5) is 0 Å². The number of hydrogen-bond donors (Lipinski definition) is 8. The van der Waals surface area contributed by atoms with Crippen molar-refractivity contribution in [2.75, 3.05) is 6.61 Å². The predicted molar refractivity (Wildman–Crippen MR) is 274 cm³/mol. The first kappa shape index (κ1) is 64.4. The third kappa shape index (κ3) is 35.2. The number of carbonyl (C=O) groups is 1. The summed E-state index contributed by atoms with van der Waals surface area (Å²) in [4.78, 5) is 23.5. The van der Waals surface area contributed by atoms with Crippen LogP contribution < -0.4 is 5.32 Å². The van der Waals surface area contributed by atoms with Crippen LogP contribution in [-0.2, 0) is 18.4 Å². The largest absolute Gasteiger partial charge is 0.472 e. The highest BCUT2D eigenvalue weighted by Crippen LogP contribution is 2.47. The Morgan fingerprint density at radius 2 is 0.716 bits per heavy atom. The van der Waals surface area contributed by atoms with Gasteiger partial charge in [0, 0.05) is 6.42 Å². The van der Waals surface area contributed by atoms with Crippen molar-refractivity contribution in [1.82, 2.24) is 5.32 Å². The molecule has 400 valence electrons. The number of amides is 1. The standard InChI is InChI=1S/C54H108NO11P/c1-3-5-7-9-11-13-15-16-17-18-19-20-21-22-23-24-25-26-27-28-29-30-31-32-33-34-36-38-40-42-44-48(57)55-46(47(56)43-41-39-37-35-14-12-10-8-6-4-2)45-65-67(63,64)66-54-52(61)50(59)49(58)51(60)53(54)62/h46-47,49-54,56,58-62H,3-45H2,1-2H3,(H,55,57)(H,63,64)/t46-,47+,49?,50+,51?,52?,53?,54?/m0/s1. The van der Waals surface area contributed by atoms with Gasteiger partial charge < -0.3 is 40.8 Å². The molecule has 13 heteroatoms. The predicted octanol–water partition coefficient (Wildman–Crippen LogP) is 12.6. The average Bonchev–Trinajstić information content (AvgIpc) is 3.31. The van der Waals surface area contributed by atoms with Crippen molar-refractivity contribution in [2.45, 2.75) is 332 Å². The van der Waals surface area contributed by atoms with Gasteiger partial charge in [-0.25, -0.2) is 4.57 Å². The minimum atomic E-state index is -5.05. The smallest absolute Gasteiger partial charge is 0.391 e. The second-order valence-electron chi connectivity index (χ2n) is 20.5. The molecule has 67 heavy (non-hydrogen) atoms. The van der Waals surface area contributed by atoms with Crippen LogP contribution in [0.2, 0.25) is 0 Å². The fourth-order valence-electron chi connectivity index (χ4n) is 9.56. The Kier molecular flexibility index (Phi) is 42.3. The molecule has 1 rings (SSSR count). The highest BCUT2D eigenvalue weighted by atomic mass is 31.2. The number of carbonyl (C=O) groups excluding carboxylic acids is 1. The third-order valence-corrected chi connectivity index (χ3v) is 15.2. The molecule has 0 heterocycles. The Bertz CT molecular complexity index is 1140. The SMILES string of the molecule is CCCCCCCCCCCCCCCCCCCCCCCCCCCCCCCCC(=O)N[C@@H](COP(=O)(O)OC1C(O)C(O)C(O)[C@@H](O)C1O)[C@H](O)CCCCCCCCCCCC. The van der Waals surface area contributed by atoms with Crippen LogP contribution >= 0.6 is 7.82 Å². The summed E-state index contributed by atoms with van der Waals surface area (Å²) < 4.78 is 23.0. The first-order valence-electron chi connectivity index (χ1n) is 28.5. The van der Waals surface area contributed by atoms with E-state index < -0.39 is 63.2 Å². The maximum atomic E-state index is 13.0. The average molecular weight is 978 g/mol. The summed E-state index contributed by atoms with van der Waals surface area (Å²) in [5.41, 5.74) is 0. The van der Waals surface area contributed by atoms with Gasteiger partial charge in [0.05, 0.1) is 18.8 Å². The molecule has 1 saturated carbocycles. The van der Waals surface area contributed by atoms with Crippen molar-refractivity contribution in [1.29, 1.82) is 0 Å². The molecule has 8 N–H and O–H groups in total. The maximum Gasteiger partial charge on any atom is 0.472 e. The monoisotopic (exact) mass is 978 g/mol. The quantitative estimate of drug-likeness (QED) is 0.0213. The summed E-state index contributed by atoms with van der Waals surface area (Å²) in [5, 5.41) is 64.2. The van der Waals surface area contributed by atoms with Gasteiger partial charge in [0.15, 0.2) is 0 Å². The number of aliphatic hydroxyl groups excluding tert-OH is 6. The fourth-order valence-corrected chi connectivity index (χ4v) is 10.5. The second-order valence-corrected chi connectivity index (χ2v) is 21.9. The number of phosphoric ester groups is 1. The van der Waals surface area contributed by atoms with Gasteiger partial charge in [-0.3, -0.25) is 13.8 Å². The highest BCUT2D eigenvalue weighted by molar-refractivity contribution is 7.47. The third-order valence-electron chi connectivity index (χ3n) is 14.2. The molecule has 1 aliphatic rings. The Balaban J connectivity index is 2.18. The van der Waals surface area contributed by atoms with Crippen LogP contribution in [0.3, 0.4) is 0 Å². The van der Waals surface area contributed by atoms with Gasteiger partial charge in [-0.15, -0.1) is 0 Å². The lowest BCUT2D eigenvalue weighted by atomic mass is 9.85. The van der Waals surface area contributed by atoms with Gasteiger partial charge in [0.2, 0.25) is 5.91 Å². The lowest BCUT2D eigenvalue weighted by Gasteiger charge is -2.41. The van der Waals surface area contributed by atoms with Gasteiger partial charge >= 0.3 is 7.82 Å². The molecule has 0 aromatic rings. The van der Waals surface area contributed by atoms with E-state index in [1.54, 1.807) is 0 Å². The van der Waals surface area contributed by atoms with Crippen molar-refractivity contribution < 1.29 is 53.9 Å². The van der Waals surface area contributed by atoms with E-state index in [0.717, 1.165) is 38.5 Å². The molecule has 1 fully saturated rings. The van der Waals surface area contributed by atoms with Gasteiger partial charge in [-0.05, 0) is 12.8 Å². The van der Waals surface area contributed by atoms with Crippen molar-refractivity contribution in [3.05, 3.63) is 0 Å². The summed E-state index contributed by atoms with van der Waals surface area (Å²) in [5.74, 6) is -0.303. The summed E-state index contributed by atoms with van der Waals surface area (Å²) in [6.07, 6.45) is 38.9. The number of phosphoric acid groups is 1. The van der Waals surface area contributed by atoms with E-state index in [-0.39, 0.29) is 12.3 Å². The van der Waals surface area contributed by atoms with Crippen molar-refractivity contribution in [3.63, 3.8) is 0 Å². The molecule has 6 unspecified atom stereocenters. The summed E-state index contributed by atoms with van der Waals surface area (Å²) >= 11 is 0. The molecule has 9 atom stereocenters. The molecule has 1 aliphatic carbocycles. The molecule has 0 aliphatic heterocycles. The zero-order chi connectivity index (χ0) is 49.2. The molecular formula is C54H108NO11P. The Morgan fingerprint density at radius 1 is 0.448 bits per heavy atom. The van der Waals surface area contributed by atoms with E-state index >= 15 is 0 Å². The van der Waals surface area contributed by atoms with Crippen LogP contribution in [0.25, 0.3) is 0 Å². The number of nitrogens with one attached hydrogen (secondary N) is 1. The van der Waals surface area contributed by atoms with Crippen LogP contribution in [0, 0.1) is 0 Å². The molecule has 0 aromatic heterocycles. The highest BCUT2D eigenvalue weighted by Gasteiger charge is 2.51. The molecule has 0 spiro atoms. The van der Waals surface area contributed by atoms with E-state index in [1.807, 2.05) is 0 Å². The minimum absolute atomic E-state index is 0.243. The van der Waals surface area contributed by atoms with Crippen LogP contribution in [0.1, 0.15) is 284 Å². The van der Waals surface area contributed by atoms with Crippen LogP contribution in [-0.4, -0.2) is 96.8 Å². The molecule has 1 amide bonds. The normalized spacial score (nSPS) is 21.6. The van der Waals surface area contributed by atoms with E-state index in [4.69, 9.17) is 9.05 Å². The second kappa shape index (κ2) is 44.1. The molecule has 12 nitrogen and oxygen atoms in total. The minimum Gasteiger partial charge on any atom is -0.391 e. The number of unbranched alkanes of at least 4 members (excludes halogenated alkanes) is 38. The van der Waals surface area contributed by atoms with Crippen LogP contribution in [0.15, 0.2) is 0 Å². The Hall–Kier alpha value is -0.660. The first-order chi connectivity index (χ1) is 32.4. The lowest BCUT2D eigenvalue weighted by molar-refractivity contribution is -0.220. The van der Waals surface area contributed by atoms with Gasteiger partial charge in [-0.1, -0.05) is 264 Å². The summed E-state index contributed by atoms with van der Waals surface area (Å²) in [6.45, 7) is 3.90. The van der Waals surface area contributed by atoms with Crippen molar-refractivity contribution in [2.24, 2.45) is 0 Å². The van der Waals surface area contributed by atoms with Crippen molar-refractivity contribution >= 4 is 13.7 Å². The molecule has 0 aromatic carbocycles. The van der Waals surface area contributed by atoms with E-state index in [1.165, 1.54) is 205 Å². The van der Waals surface area contributed by atoms with Crippen molar-refractivity contribution in [3.8, 4) is 0 Å². The summed E-state index contributed by atoms with van der Waals surface area (Å²) in [7, 11) is -5.05. The zero-order valence-electron chi connectivity index (χ0n) is 43.2. The maximum absolute atomic E-state index is 13.0. The first-order valence-corrected chi connectivity index (χ1v) is 30.0. The zero-order valence-corrected chi connectivity index (χ0v) is 44.1. The van der Waals surface area contributed by atoms with Gasteiger partial charge in [0.1, 0.15) is 36.6 Å². The molecule has 0 radical (unpaired) electrons. The lowest BCUT2D eigenvalue weighted by Crippen LogP contribution is -2.64. The Morgan fingerprint density at radius 3 is 1.03 bits per heavy atom. The Labute approximate surface area is 410 Å².